The third-order valence-electron chi connectivity index (χ3n) is 3.17. The molecule has 0 fully saturated rings. The lowest BCUT2D eigenvalue weighted by Gasteiger charge is -2.31. The summed E-state index contributed by atoms with van der Waals surface area (Å²) in [5.74, 6) is -0.855. The van der Waals surface area contributed by atoms with Crippen LogP contribution in [0.25, 0.3) is 0 Å². The Bertz CT molecular complexity index is 418. The fraction of sp³-hybridized carbons (Fsp3) is 0.462. The zero-order chi connectivity index (χ0) is 12.3. The molecule has 4 nitrogen and oxygen atoms in total. The Morgan fingerprint density at radius 2 is 2.29 bits per heavy atom. The van der Waals surface area contributed by atoms with Gasteiger partial charge in [-0.3, -0.25) is 0 Å². The summed E-state index contributed by atoms with van der Waals surface area (Å²) < 4.78 is 0. The highest BCUT2D eigenvalue weighted by Crippen LogP contribution is 2.28. The van der Waals surface area contributed by atoms with Crippen molar-refractivity contribution in [3.05, 3.63) is 29.3 Å². The normalized spacial score (nSPS) is 14.5. The zero-order valence-corrected chi connectivity index (χ0v) is 9.85. The summed E-state index contributed by atoms with van der Waals surface area (Å²) in [6.45, 7) is 2.69. The Hall–Kier alpha value is -1.55. The number of nitrogens with two attached hydrogens (primary N) is 1. The molecule has 0 saturated heterocycles. The molecule has 2 rings (SSSR count). The van der Waals surface area contributed by atoms with Crippen LogP contribution in [0, 0.1) is 0 Å². The summed E-state index contributed by atoms with van der Waals surface area (Å²) in [5.41, 5.74) is 8.23. The Morgan fingerprint density at radius 3 is 3.00 bits per heavy atom. The average molecular weight is 234 g/mol. The highest BCUT2D eigenvalue weighted by Gasteiger charge is 2.17. The highest BCUT2D eigenvalue weighted by molar-refractivity contribution is 5.88. The molecule has 1 aliphatic heterocycles. The summed E-state index contributed by atoms with van der Waals surface area (Å²) in [4.78, 5) is 13.2. The molecule has 17 heavy (non-hydrogen) atoms. The first-order valence-electron chi connectivity index (χ1n) is 6.03. The third-order valence-corrected chi connectivity index (χ3v) is 3.17. The number of aromatic carboxylic acids is 1. The van der Waals surface area contributed by atoms with E-state index in [0.29, 0.717) is 12.1 Å². The summed E-state index contributed by atoms with van der Waals surface area (Å²) in [6.07, 6.45) is 3.02. The Labute approximate surface area is 101 Å². The maximum Gasteiger partial charge on any atom is 0.335 e. The minimum absolute atomic E-state index is 0.379. The molecule has 0 radical (unpaired) electrons. The largest absolute Gasteiger partial charge is 0.478 e. The van der Waals surface area contributed by atoms with E-state index in [1.807, 2.05) is 6.07 Å². The molecule has 0 aliphatic carbocycles. The molecule has 0 bridgehead atoms. The maximum absolute atomic E-state index is 10.9. The summed E-state index contributed by atoms with van der Waals surface area (Å²) in [6, 6.07) is 5.41. The number of rotatable bonds is 4. The standard InChI is InChI=1S/C13H18N2O2/c14-6-2-8-15-7-1-3-10-9-11(13(16)17)4-5-12(10)15/h4-5,9H,1-3,6-8,14H2,(H,16,17). The van der Waals surface area contributed by atoms with E-state index in [1.54, 1.807) is 12.1 Å². The molecule has 0 aromatic heterocycles. The average Bonchev–Trinajstić information content (AvgIpc) is 2.35. The molecule has 1 aromatic carbocycles. The SMILES string of the molecule is NCCCN1CCCc2cc(C(=O)O)ccc21. The second-order valence-corrected chi connectivity index (χ2v) is 4.38. The van der Waals surface area contributed by atoms with Gasteiger partial charge in [-0.1, -0.05) is 0 Å². The predicted octanol–water partition coefficient (Wildman–Crippen LogP) is 1.49. The number of hydrogen-bond donors (Lipinski definition) is 2. The molecule has 0 spiro atoms. The van der Waals surface area contributed by atoms with Gasteiger partial charge in [-0.25, -0.2) is 4.79 Å². The maximum atomic E-state index is 10.9. The molecule has 1 heterocycles. The van der Waals surface area contributed by atoms with E-state index < -0.39 is 5.97 Å². The predicted molar refractivity (Wildman–Crippen MR) is 67.6 cm³/mol. The summed E-state index contributed by atoms with van der Waals surface area (Å²) >= 11 is 0. The third kappa shape index (κ3) is 2.58. The van der Waals surface area contributed by atoms with Crippen molar-refractivity contribution in [2.75, 3.05) is 24.5 Å². The van der Waals surface area contributed by atoms with Gasteiger partial charge in [-0.05, 0) is 49.6 Å². The summed E-state index contributed by atoms with van der Waals surface area (Å²) in [5, 5.41) is 8.96. The van der Waals surface area contributed by atoms with Crippen LogP contribution in [0.15, 0.2) is 18.2 Å². The first-order valence-corrected chi connectivity index (χ1v) is 6.03. The molecular formula is C13H18N2O2. The molecule has 0 unspecified atom stereocenters. The Kier molecular flexibility index (Phi) is 3.64. The van der Waals surface area contributed by atoms with Crippen LogP contribution in [0.3, 0.4) is 0 Å². The van der Waals surface area contributed by atoms with Gasteiger partial charge in [0.1, 0.15) is 0 Å². The monoisotopic (exact) mass is 234 g/mol. The van der Waals surface area contributed by atoms with Crippen molar-refractivity contribution >= 4 is 11.7 Å². The highest BCUT2D eigenvalue weighted by atomic mass is 16.4. The number of aryl methyl sites for hydroxylation is 1. The lowest BCUT2D eigenvalue weighted by atomic mass is 9.99. The second-order valence-electron chi connectivity index (χ2n) is 4.38. The van der Waals surface area contributed by atoms with E-state index in [0.717, 1.165) is 37.9 Å². The molecule has 0 atom stereocenters. The van der Waals surface area contributed by atoms with Crippen molar-refractivity contribution in [3.8, 4) is 0 Å². The van der Waals surface area contributed by atoms with Gasteiger partial charge in [0.05, 0.1) is 5.56 Å². The fourth-order valence-corrected chi connectivity index (χ4v) is 2.32. The van der Waals surface area contributed by atoms with Crippen LogP contribution >= 0.6 is 0 Å². The van der Waals surface area contributed by atoms with Crippen molar-refractivity contribution in [3.63, 3.8) is 0 Å². The molecule has 1 aromatic rings. The lowest BCUT2D eigenvalue weighted by molar-refractivity contribution is 0.0697. The number of hydrogen-bond acceptors (Lipinski definition) is 3. The first-order chi connectivity index (χ1) is 8.22. The number of carboxylic acid groups (broad SMARTS) is 1. The number of carboxylic acids is 1. The van der Waals surface area contributed by atoms with Crippen LogP contribution in [0.1, 0.15) is 28.8 Å². The fourth-order valence-electron chi connectivity index (χ4n) is 2.32. The molecule has 0 amide bonds. The van der Waals surface area contributed by atoms with Gasteiger partial charge < -0.3 is 15.7 Å². The summed E-state index contributed by atoms with van der Waals surface area (Å²) in [7, 11) is 0. The Balaban J connectivity index is 2.23. The van der Waals surface area contributed by atoms with Crippen molar-refractivity contribution in [1.29, 1.82) is 0 Å². The zero-order valence-electron chi connectivity index (χ0n) is 9.85. The second kappa shape index (κ2) is 5.19. The van der Waals surface area contributed by atoms with Crippen LogP contribution < -0.4 is 10.6 Å². The quantitative estimate of drug-likeness (QED) is 0.828. The van der Waals surface area contributed by atoms with Crippen molar-refractivity contribution in [2.45, 2.75) is 19.3 Å². The van der Waals surface area contributed by atoms with Crippen LogP contribution in [0.5, 0.6) is 0 Å². The molecule has 4 heteroatoms. The van der Waals surface area contributed by atoms with Crippen LogP contribution in [0.2, 0.25) is 0 Å². The number of anilines is 1. The molecular weight excluding hydrogens is 216 g/mol. The smallest absolute Gasteiger partial charge is 0.335 e. The number of carbonyl (C=O) groups is 1. The van der Waals surface area contributed by atoms with Crippen LogP contribution in [0.4, 0.5) is 5.69 Å². The van der Waals surface area contributed by atoms with E-state index in [2.05, 4.69) is 4.90 Å². The van der Waals surface area contributed by atoms with Gasteiger partial charge >= 0.3 is 5.97 Å². The van der Waals surface area contributed by atoms with Gasteiger partial charge in [0.25, 0.3) is 0 Å². The van der Waals surface area contributed by atoms with Gasteiger partial charge in [0.2, 0.25) is 0 Å². The van der Waals surface area contributed by atoms with Gasteiger partial charge in [-0.2, -0.15) is 0 Å². The molecule has 1 aliphatic rings. The van der Waals surface area contributed by atoms with E-state index in [-0.39, 0.29) is 0 Å². The molecule has 3 N–H and O–H groups in total. The first kappa shape index (κ1) is 11.9. The van der Waals surface area contributed by atoms with E-state index >= 15 is 0 Å². The topological polar surface area (TPSA) is 66.6 Å². The molecule has 0 saturated carbocycles. The lowest BCUT2D eigenvalue weighted by Crippen LogP contribution is -2.31. The minimum Gasteiger partial charge on any atom is -0.478 e. The number of nitrogens with zero attached hydrogens (tertiary/aromatic N) is 1. The van der Waals surface area contributed by atoms with E-state index in [4.69, 9.17) is 10.8 Å². The number of fused-ring (bicyclic) bond motifs is 1. The Morgan fingerprint density at radius 1 is 1.47 bits per heavy atom. The van der Waals surface area contributed by atoms with E-state index in [9.17, 15) is 4.79 Å². The van der Waals surface area contributed by atoms with Crippen LogP contribution in [-0.4, -0.2) is 30.7 Å². The molecule has 92 valence electrons. The van der Waals surface area contributed by atoms with E-state index in [1.165, 1.54) is 5.69 Å². The number of benzene rings is 1. The minimum atomic E-state index is -0.855. The van der Waals surface area contributed by atoms with Gasteiger partial charge in [0, 0.05) is 18.8 Å². The van der Waals surface area contributed by atoms with Gasteiger partial charge in [-0.15, -0.1) is 0 Å². The van der Waals surface area contributed by atoms with Crippen molar-refractivity contribution < 1.29 is 9.90 Å². The van der Waals surface area contributed by atoms with Crippen molar-refractivity contribution in [1.82, 2.24) is 0 Å². The van der Waals surface area contributed by atoms with Gasteiger partial charge in [0.15, 0.2) is 0 Å². The van der Waals surface area contributed by atoms with Crippen molar-refractivity contribution in [2.24, 2.45) is 5.73 Å². The van der Waals surface area contributed by atoms with Crippen LogP contribution in [-0.2, 0) is 6.42 Å².